The number of rotatable bonds is 10. The summed E-state index contributed by atoms with van der Waals surface area (Å²) in [6.07, 6.45) is 0.853. The Morgan fingerprint density at radius 3 is 2.09 bits per heavy atom. The highest BCUT2D eigenvalue weighted by atomic mass is 16.5. The molecular weight excluding hydrogens is 444 g/mol. The molecule has 2 amide bonds. The number of carboxylic acids is 1. The van der Waals surface area contributed by atoms with Gasteiger partial charge in [0.05, 0.1) is 5.92 Å². The second-order valence-electron chi connectivity index (χ2n) is 10.4. The lowest BCUT2D eigenvalue weighted by atomic mass is 9.88. The number of carbonyl (C=O) groups is 3. The predicted molar refractivity (Wildman–Crippen MR) is 135 cm³/mol. The number of hydrogen-bond donors (Lipinski definition) is 3. The van der Waals surface area contributed by atoms with Crippen LogP contribution in [-0.2, 0) is 14.3 Å². The van der Waals surface area contributed by atoms with Gasteiger partial charge in [0.25, 0.3) is 0 Å². The van der Waals surface area contributed by atoms with Gasteiger partial charge in [0.15, 0.2) is 0 Å². The minimum atomic E-state index is -0.903. The van der Waals surface area contributed by atoms with Gasteiger partial charge >= 0.3 is 12.1 Å². The van der Waals surface area contributed by atoms with Crippen LogP contribution in [0.1, 0.15) is 64.0 Å². The van der Waals surface area contributed by atoms with Gasteiger partial charge in [-0.3, -0.25) is 9.59 Å². The van der Waals surface area contributed by atoms with Crippen LogP contribution >= 0.6 is 0 Å². The van der Waals surface area contributed by atoms with Crippen LogP contribution in [0.15, 0.2) is 48.5 Å². The summed E-state index contributed by atoms with van der Waals surface area (Å²) in [7, 11) is 0. The smallest absolute Gasteiger partial charge is 0.407 e. The van der Waals surface area contributed by atoms with Gasteiger partial charge < -0.3 is 20.5 Å². The molecule has 35 heavy (non-hydrogen) atoms. The monoisotopic (exact) mass is 480 g/mol. The highest BCUT2D eigenvalue weighted by Crippen LogP contribution is 2.44. The maximum Gasteiger partial charge on any atom is 0.407 e. The van der Waals surface area contributed by atoms with Crippen molar-refractivity contribution < 1.29 is 24.2 Å². The first-order valence-corrected chi connectivity index (χ1v) is 12.2. The third kappa shape index (κ3) is 7.07. The summed E-state index contributed by atoms with van der Waals surface area (Å²) in [4.78, 5) is 36.6. The second kappa shape index (κ2) is 11.4. The zero-order chi connectivity index (χ0) is 25.6. The van der Waals surface area contributed by atoms with Crippen molar-refractivity contribution in [3.05, 3.63) is 59.7 Å². The molecule has 0 fully saturated rings. The van der Waals surface area contributed by atoms with Gasteiger partial charge in [-0.25, -0.2) is 4.79 Å². The zero-order valence-electron chi connectivity index (χ0n) is 21.0. The van der Waals surface area contributed by atoms with Crippen molar-refractivity contribution >= 4 is 18.0 Å². The Bertz CT molecular complexity index is 1010. The van der Waals surface area contributed by atoms with Crippen LogP contribution in [0.25, 0.3) is 11.1 Å². The van der Waals surface area contributed by atoms with Crippen LogP contribution in [0.5, 0.6) is 0 Å². The lowest BCUT2D eigenvalue weighted by molar-refractivity contribution is -0.141. The Hall–Kier alpha value is -3.35. The molecule has 0 saturated carbocycles. The Morgan fingerprint density at radius 1 is 0.971 bits per heavy atom. The Balaban J connectivity index is 1.62. The van der Waals surface area contributed by atoms with Gasteiger partial charge in [0.1, 0.15) is 12.6 Å². The van der Waals surface area contributed by atoms with Crippen molar-refractivity contribution in [1.29, 1.82) is 0 Å². The number of carboxylic acid groups (broad SMARTS) is 1. The van der Waals surface area contributed by atoms with Crippen molar-refractivity contribution in [1.82, 2.24) is 10.6 Å². The lowest BCUT2D eigenvalue weighted by Crippen LogP contribution is -2.47. The van der Waals surface area contributed by atoms with E-state index in [4.69, 9.17) is 9.84 Å². The molecular formula is C28H36N2O5. The first-order valence-electron chi connectivity index (χ1n) is 12.2. The molecule has 0 radical (unpaired) electrons. The molecule has 0 aromatic heterocycles. The molecule has 2 atom stereocenters. The molecule has 0 heterocycles. The molecule has 2 aromatic carbocycles. The van der Waals surface area contributed by atoms with E-state index in [9.17, 15) is 14.4 Å². The van der Waals surface area contributed by atoms with E-state index in [0.29, 0.717) is 12.8 Å². The van der Waals surface area contributed by atoms with Crippen LogP contribution in [0.2, 0.25) is 0 Å². The van der Waals surface area contributed by atoms with Crippen molar-refractivity contribution in [2.75, 3.05) is 13.2 Å². The normalized spacial score (nSPS) is 14.4. The lowest BCUT2D eigenvalue weighted by Gasteiger charge is -2.24. The third-order valence-corrected chi connectivity index (χ3v) is 6.43. The van der Waals surface area contributed by atoms with E-state index in [1.165, 1.54) is 0 Å². The van der Waals surface area contributed by atoms with Crippen LogP contribution in [-0.4, -0.2) is 42.3 Å². The fourth-order valence-corrected chi connectivity index (χ4v) is 4.29. The maximum atomic E-state index is 12.8. The standard InChI is InChI=1S/C28H36N2O5/c1-18(26(32)33)14-16-29-25(31)24(13-15-28(2,3)4)30-27(34)35-17-23-21-11-7-5-9-19(21)20-10-6-8-12-22(20)23/h5-12,18,23-24H,13-17H2,1-4H3,(H,29,31)(H,30,34)(H,32,33). The molecule has 0 spiro atoms. The van der Waals surface area contributed by atoms with E-state index >= 15 is 0 Å². The largest absolute Gasteiger partial charge is 0.481 e. The summed E-state index contributed by atoms with van der Waals surface area (Å²) in [5, 5.41) is 14.5. The topological polar surface area (TPSA) is 105 Å². The number of fused-ring (bicyclic) bond motifs is 3. The number of ether oxygens (including phenoxy) is 1. The van der Waals surface area contributed by atoms with Crippen LogP contribution in [0, 0.1) is 11.3 Å². The molecule has 7 heteroatoms. The molecule has 3 rings (SSSR count). The molecule has 188 valence electrons. The van der Waals surface area contributed by atoms with E-state index in [0.717, 1.165) is 28.7 Å². The quantitative estimate of drug-likeness (QED) is 0.446. The number of nitrogens with one attached hydrogen (secondary N) is 2. The number of carbonyl (C=O) groups excluding carboxylic acids is 2. The maximum absolute atomic E-state index is 12.8. The van der Waals surface area contributed by atoms with E-state index < -0.39 is 24.0 Å². The highest BCUT2D eigenvalue weighted by molar-refractivity contribution is 5.85. The molecule has 3 N–H and O–H groups in total. The molecule has 1 aliphatic carbocycles. The van der Waals surface area contributed by atoms with E-state index in [1.807, 2.05) is 24.3 Å². The van der Waals surface area contributed by atoms with Crippen LogP contribution in [0.3, 0.4) is 0 Å². The van der Waals surface area contributed by atoms with Crippen molar-refractivity contribution in [3.63, 3.8) is 0 Å². The van der Waals surface area contributed by atoms with Gasteiger partial charge in [-0.15, -0.1) is 0 Å². The number of aliphatic carboxylic acids is 1. The number of benzene rings is 2. The van der Waals surface area contributed by atoms with Gasteiger partial charge in [0.2, 0.25) is 5.91 Å². The molecule has 0 bridgehead atoms. The fraction of sp³-hybridized carbons (Fsp3) is 0.464. The van der Waals surface area contributed by atoms with Crippen LogP contribution in [0.4, 0.5) is 4.79 Å². The third-order valence-electron chi connectivity index (χ3n) is 6.43. The first-order chi connectivity index (χ1) is 16.6. The SMILES string of the molecule is CC(CCNC(=O)C(CCC(C)(C)C)NC(=O)OCC1c2ccccc2-c2ccccc21)C(=O)O. The van der Waals surface area contributed by atoms with Gasteiger partial charge in [-0.2, -0.15) is 0 Å². The predicted octanol–water partition coefficient (Wildman–Crippen LogP) is 4.95. The summed E-state index contributed by atoms with van der Waals surface area (Å²) in [5.41, 5.74) is 4.52. The summed E-state index contributed by atoms with van der Waals surface area (Å²) < 4.78 is 5.62. The molecule has 2 aromatic rings. The van der Waals surface area contributed by atoms with Crippen LogP contribution < -0.4 is 10.6 Å². The average Bonchev–Trinajstić information content (AvgIpc) is 3.13. The van der Waals surface area contributed by atoms with Gasteiger partial charge in [-0.1, -0.05) is 76.2 Å². The van der Waals surface area contributed by atoms with E-state index in [-0.39, 0.29) is 30.4 Å². The molecule has 0 aliphatic heterocycles. The molecule has 1 aliphatic rings. The second-order valence-corrected chi connectivity index (χ2v) is 10.4. The van der Waals surface area contributed by atoms with Crippen molar-refractivity contribution in [2.45, 2.75) is 58.9 Å². The summed E-state index contributed by atoms with van der Waals surface area (Å²) in [6.45, 7) is 8.21. The fourth-order valence-electron chi connectivity index (χ4n) is 4.29. The molecule has 0 saturated heterocycles. The molecule has 2 unspecified atom stereocenters. The summed E-state index contributed by atoms with van der Waals surface area (Å²) in [5.74, 6) is -1.86. The van der Waals surface area contributed by atoms with E-state index in [1.54, 1.807) is 6.92 Å². The minimum absolute atomic E-state index is 0.0147. The Kier molecular flexibility index (Phi) is 8.54. The zero-order valence-corrected chi connectivity index (χ0v) is 21.0. The summed E-state index contributed by atoms with van der Waals surface area (Å²) in [6, 6.07) is 15.5. The van der Waals surface area contributed by atoms with Gasteiger partial charge in [0, 0.05) is 12.5 Å². The van der Waals surface area contributed by atoms with Crippen molar-refractivity contribution in [3.8, 4) is 11.1 Å². The number of hydrogen-bond acceptors (Lipinski definition) is 4. The average molecular weight is 481 g/mol. The number of alkyl carbamates (subject to hydrolysis) is 1. The van der Waals surface area contributed by atoms with E-state index in [2.05, 4.69) is 55.7 Å². The molecule has 7 nitrogen and oxygen atoms in total. The minimum Gasteiger partial charge on any atom is -0.481 e. The van der Waals surface area contributed by atoms with Gasteiger partial charge in [-0.05, 0) is 46.9 Å². The Labute approximate surface area is 207 Å². The van der Waals surface area contributed by atoms with Crippen molar-refractivity contribution in [2.24, 2.45) is 11.3 Å². The first kappa shape index (κ1) is 26.3. The summed E-state index contributed by atoms with van der Waals surface area (Å²) >= 11 is 0. The number of amides is 2. The Morgan fingerprint density at radius 2 is 1.54 bits per heavy atom. The highest BCUT2D eigenvalue weighted by Gasteiger charge is 2.30.